The van der Waals surface area contributed by atoms with Crippen LogP contribution in [0.4, 0.5) is 11.5 Å². The van der Waals surface area contributed by atoms with E-state index >= 15 is 0 Å². The number of likely N-dealkylation sites (N-methyl/N-ethyl adjacent to an activating group) is 1. The summed E-state index contributed by atoms with van der Waals surface area (Å²) in [5, 5.41) is 2.96. The van der Waals surface area contributed by atoms with Crippen LogP contribution in [0.5, 0.6) is 0 Å². The molecule has 1 amide bonds. The van der Waals surface area contributed by atoms with Gasteiger partial charge in [-0.05, 0) is 37.7 Å². The predicted molar refractivity (Wildman–Crippen MR) is 125 cm³/mol. The highest BCUT2D eigenvalue weighted by Gasteiger charge is 2.17. The zero-order valence-electron chi connectivity index (χ0n) is 18.2. The number of hydrogen-bond acceptors (Lipinski definition) is 6. The lowest BCUT2D eigenvalue weighted by atomic mass is 10.1. The molecule has 4 aromatic rings. The van der Waals surface area contributed by atoms with E-state index in [-0.39, 0.29) is 5.91 Å². The Kier molecular flexibility index (Phi) is 5.28. The molecule has 1 aliphatic rings. The monoisotopic (exact) mass is 427 g/mol. The minimum absolute atomic E-state index is 0.259. The molecule has 0 saturated carbocycles. The van der Waals surface area contributed by atoms with Crippen molar-refractivity contribution in [3.05, 3.63) is 72.4 Å². The molecule has 4 heterocycles. The summed E-state index contributed by atoms with van der Waals surface area (Å²) in [6.45, 7) is 5.76. The lowest BCUT2D eigenvalue weighted by Gasteiger charge is -2.33. The van der Waals surface area contributed by atoms with Gasteiger partial charge in [0.25, 0.3) is 5.91 Å². The first-order chi connectivity index (χ1) is 15.6. The molecule has 1 N–H and O–H groups in total. The van der Waals surface area contributed by atoms with Crippen LogP contribution >= 0.6 is 0 Å². The Morgan fingerprint density at radius 2 is 1.88 bits per heavy atom. The number of imidazole rings is 1. The summed E-state index contributed by atoms with van der Waals surface area (Å²) in [4.78, 5) is 30.7. The molecule has 0 atom stereocenters. The second-order valence-corrected chi connectivity index (χ2v) is 8.13. The summed E-state index contributed by atoms with van der Waals surface area (Å²) in [6.07, 6.45) is 5.44. The SMILES string of the molecule is Cc1cccn2cc(-c3cccc(NC(=O)c4cc(N5CCN(C)CC5)ncn4)c3)nc12. The number of hydrogen-bond donors (Lipinski definition) is 1. The number of amides is 1. The molecule has 162 valence electrons. The van der Waals surface area contributed by atoms with Crippen LogP contribution in [0, 0.1) is 6.92 Å². The van der Waals surface area contributed by atoms with Crippen LogP contribution in [-0.4, -0.2) is 63.4 Å². The molecule has 1 aromatic carbocycles. The number of nitrogens with zero attached hydrogens (tertiary/aromatic N) is 6. The summed E-state index contributed by atoms with van der Waals surface area (Å²) < 4.78 is 2.01. The fourth-order valence-corrected chi connectivity index (χ4v) is 3.92. The van der Waals surface area contributed by atoms with Gasteiger partial charge in [-0.25, -0.2) is 15.0 Å². The third-order valence-corrected chi connectivity index (χ3v) is 5.81. The van der Waals surface area contributed by atoms with Crippen molar-refractivity contribution >= 4 is 23.1 Å². The van der Waals surface area contributed by atoms with Gasteiger partial charge in [0.1, 0.15) is 23.5 Å². The average molecular weight is 428 g/mol. The number of anilines is 2. The first-order valence-corrected chi connectivity index (χ1v) is 10.7. The maximum absolute atomic E-state index is 12.9. The summed E-state index contributed by atoms with van der Waals surface area (Å²) in [6, 6.07) is 13.5. The van der Waals surface area contributed by atoms with E-state index in [4.69, 9.17) is 4.98 Å². The predicted octanol–water partition coefficient (Wildman–Crippen LogP) is 3.10. The smallest absolute Gasteiger partial charge is 0.274 e. The molecule has 0 aliphatic carbocycles. The fraction of sp³-hybridized carbons (Fsp3) is 0.250. The van der Waals surface area contributed by atoms with Gasteiger partial charge in [0, 0.05) is 55.9 Å². The Bertz CT molecular complexity index is 1270. The van der Waals surface area contributed by atoms with Crippen LogP contribution in [0.2, 0.25) is 0 Å². The lowest BCUT2D eigenvalue weighted by molar-refractivity contribution is 0.102. The molecule has 32 heavy (non-hydrogen) atoms. The molecule has 8 nitrogen and oxygen atoms in total. The number of rotatable bonds is 4. The van der Waals surface area contributed by atoms with Crippen molar-refractivity contribution in [1.82, 2.24) is 24.3 Å². The van der Waals surface area contributed by atoms with Crippen molar-refractivity contribution in [3.8, 4) is 11.3 Å². The lowest BCUT2D eigenvalue weighted by Crippen LogP contribution is -2.44. The van der Waals surface area contributed by atoms with Crippen molar-refractivity contribution < 1.29 is 4.79 Å². The second kappa shape index (κ2) is 8.39. The quantitative estimate of drug-likeness (QED) is 0.539. The van der Waals surface area contributed by atoms with E-state index in [2.05, 4.69) is 32.1 Å². The fourth-order valence-electron chi connectivity index (χ4n) is 3.92. The summed E-state index contributed by atoms with van der Waals surface area (Å²) in [7, 11) is 2.11. The number of pyridine rings is 1. The van der Waals surface area contributed by atoms with Crippen LogP contribution in [0.3, 0.4) is 0 Å². The normalized spacial score (nSPS) is 14.6. The number of nitrogens with one attached hydrogen (secondary N) is 1. The highest BCUT2D eigenvalue weighted by atomic mass is 16.1. The molecule has 0 radical (unpaired) electrons. The first kappa shape index (κ1) is 20.1. The molecule has 1 fully saturated rings. The molecule has 5 rings (SSSR count). The van der Waals surface area contributed by atoms with Gasteiger partial charge in [0.2, 0.25) is 0 Å². The van der Waals surface area contributed by atoms with Gasteiger partial charge in [-0.15, -0.1) is 0 Å². The highest BCUT2D eigenvalue weighted by Crippen LogP contribution is 2.24. The minimum Gasteiger partial charge on any atom is -0.354 e. The molecule has 0 unspecified atom stereocenters. The van der Waals surface area contributed by atoms with Crippen molar-refractivity contribution in [1.29, 1.82) is 0 Å². The Labute approximate surface area is 186 Å². The standard InChI is InChI=1S/C24H25N7O/c1-17-5-4-8-31-15-21(28-23(17)31)18-6-3-7-19(13-18)27-24(32)20-14-22(26-16-25-20)30-11-9-29(2)10-12-30/h3-8,13-16H,9-12H2,1-2H3,(H,27,32). The van der Waals surface area contributed by atoms with E-state index in [1.807, 2.05) is 60.1 Å². The van der Waals surface area contributed by atoms with Crippen LogP contribution in [0.25, 0.3) is 16.9 Å². The van der Waals surface area contributed by atoms with Crippen molar-refractivity contribution in [2.24, 2.45) is 0 Å². The van der Waals surface area contributed by atoms with Gasteiger partial charge in [-0.1, -0.05) is 18.2 Å². The van der Waals surface area contributed by atoms with E-state index in [1.54, 1.807) is 6.07 Å². The summed E-state index contributed by atoms with van der Waals surface area (Å²) in [5.41, 5.74) is 4.88. The molecular weight excluding hydrogens is 402 g/mol. The van der Waals surface area contributed by atoms with Crippen molar-refractivity contribution in [2.45, 2.75) is 6.92 Å². The second-order valence-electron chi connectivity index (χ2n) is 8.13. The van der Waals surface area contributed by atoms with Crippen LogP contribution in [-0.2, 0) is 0 Å². The number of aryl methyl sites for hydroxylation is 1. The molecule has 8 heteroatoms. The molecular formula is C24H25N7O. The number of fused-ring (bicyclic) bond motifs is 1. The zero-order chi connectivity index (χ0) is 22.1. The summed E-state index contributed by atoms with van der Waals surface area (Å²) in [5.74, 6) is 0.526. The van der Waals surface area contributed by atoms with Crippen molar-refractivity contribution in [3.63, 3.8) is 0 Å². The largest absolute Gasteiger partial charge is 0.354 e. The molecule has 1 saturated heterocycles. The zero-order valence-corrected chi connectivity index (χ0v) is 18.2. The maximum atomic E-state index is 12.9. The van der Waals surface area contributed by atoms with E-state index in [9.17, 15) is 4.79 Å². The first-order valence-electron chi connectivity index (χ1n) is 10.7. The Morgan fingerprint density at radius 3 is 2.69 bits per heavy atom. The molecule has 0 spiro atoms. The van der Waals surface area contributed by atoms with E-state index in [1.165, 1.54) is 6.33 Å². The summed E-state index contributed by atoms with van der Waals surface area (Å²) >= 11 is 0. The van der Waals surface area contributed by atoms with Crippen LogP contribution < -0.4 is 10.2 Å². The average Bonchev–Trinajstić information content (AvgIpc) is 3.26. The van der Waals surface area contributed by atoms with Gasteiger partial charge in [0.05, 0.1) is 5.69 Å². The number of carbonyl (C=O) groups excluding carboxylic acids is 1. The number of aromatic nitrogens is 4. The van der Waals surface area contributed by atoms with Gasteiger partial charge in [-0.3, -0.25) is 4.79 Å². The van der Waals surface area contributed by atoms with Crippen molar-refractivity contribution in [2.75, 3.05) is 43.4 Å². The number of piperazine rings is 1. The van der Waals surface area contributed by atoms with Crippen LogP contribution in [0.15, 0.2) is 61.2 Å². The number of benzene rings is 1. The van der Waals surface area contributed by atoms with E-state index < -0.39 is 0 Å². The van der Waals surface area contributed by atoms with E-state index in [0.717, 1.165) is 54.5 Å². The van der Waals surface area contributed by atoms with Crippen LogP contribution in [0.1, 0.15) is 16.1 Å². The third kappa shape index (κ3) is 4.04. The number of carbonyl (C=O) groups is 1. The molecule has 1 aliphatic heterocycles. The van der Waals surface area contributed by atoms with Gasteiger partial charge in [0.15, 0.2) is 0 Å². The molecule has 0 bridgehead atoms. The van der Waals surface area contributed by atoms with Gasteiger partial charge < -0.3 is 19.5 Å². The maximum Gasteiger partial charge on any atom is 0.274 e. The van der Waals surface area contributed by atoms with Gasteiger partial charge >= 0.3 is 0 Å². The van der Waals surface area contributed by atoms with Gasteiger partial charge in [-0.2, -0.15) is 0 Å². The third-order valence-electron chi connectivity index (χ3n) is 5.81. The Balaban J connectivity index is 1.35. The Morgan fingerprint density at radius 1 is 1.03 bits per heavy atom. The van der Waals surface area contributed by atoms with E-state index in [0.29, 0.717) is 11.4 Å². The topological polar surface area (TPSA) is 78.7 Å². The minimum atomic E-state index is -0.259. The Hall–Kier alpha value is -3.78. The highest BCUT2D eigenvalue weighted by molar-refractivity contribution is 6.03. The molecule has 3 aromatic heterocycles.